The average Bonchev–Trinajstić information content (AvgIpc) is 2.70. The number of aliphatic hydroxyl groups is 1. The summed E-state index contributed by atoms with van der Waals surface area (Å²) < 4.78 is 18.7. The van der Waals surface area contributed by atoms with Gasteiger partial charge in [0, 0.05) is 31.7 Å². The molecule has 0 spiro atoms. The maximum absolute atomic E-state index is 13.1. The molecule has 0 radical (unpaired) electrons. The second-order valence-corrected chi connectivity index (χ2v) is 7.39. The molecular formula is C22H27FN2O3. The van der Waals surface area contributed by atoms with Gasteiger partial charge in [0.2, 0.25) is 0 Å². The molecule has 0 bridgehead atoms. The van der Waals surface area contributed by atoms with E-state index in [1.54, 1.807) is 36.4 Å². The molecule has 0 saturated carbocycles. The summed E-state index contributed by atoms with van der Waals surface area (Å²) in [6, 6.07) is 13.9. The van der Waals surface area contributed by atoms with Crippen LogP contribution in [0.2, 0.25) is 0 Å². The van der Waals surface area contributed by atoms with Gasteiger partial charge in [-0.15, -0.1) is 0 Å². The topological polar surface area (TPSA) is 53.0 Å². The highest BCUT2D eigenvalue weighted by molar-refractivity contribution is 5.78. The molecule has 1 aliphatic heterocycles. The molecule has 5 nitrogen and oxygen atoms in total. The Balaban J connectivity index is 1.53. The fourth-order valence-corrected chi connectivity index (χ4v) is 3.51. The van der Waals surface area contributed by atoms with Crippen molar-refractivity contribution in [2.75, 3.05) is 19.7 Å². The lowest BCUT2D eigenvalue weighted by molar-refractivity contribution is -0.139. The number of halogens is 1. The number of carbonyl (C=O) groups excluding carboxylic acids is 1. The zero-order valence-corrected chi connectivity index (χ0v) is 16.3. The average molecular weight is 386 g/mol. The van der Waals surface area contributed by atoms with Crippen molar-refractivity contribution in [3.05, 3.63) is 65.5 Å². The molecule has 1 aliphatic rings. The maximum Gasteiger partial charge on any atom is 0.260 e. The first-order valence-corrected chi connectivity index (χ1v) is 9.57. The van der Waals surface area contributed by atoms with Crippen molar-refractivity contribution in [2.45, 2.75) is 39.1 Å². The summed E-state index contributed by atoms with van der Waals surface area (Å²) in [5.74, 6) is 0.347. The van der Waals surface area contributed by atoms with Crippen LogP contribution in [0.1, 0.15) is 25.0 Å². The Labute approximate surface area is 165 Å². The molecule has 28 heavy (non-hydrogen) atoms. The van der Waals surface area contributed by atoms with Crippen molar-refractivity contribution < 1.29 is 19.0 Å². The first-order valence-electron chi connectivity index (χ1n) is 9.57. The Bertz CT molecular complexity index is 779. The molecule has 3 rings (SSSR count). The fourth-order valence-electron chi connectivity index (χ4n) is 3.51. The third-order valence-electron chi connectivity index (χ3n) is 5.20. The highest BCUT2D eigenvalue weighted by Gasteiger charge is 2.32. The summed E-state index contributed by atoms with van der Waals surface area (Å²) >= 11 is 0. The quantitative estimate of drug-likeness (QED) is 0.830. The van der Waals surface area contributed by atoms with Crippen LogP contribution in [0.3, 0.4) is 0 Å². The lowest BCUT2D eigenvalue weighted by Gasteiger charge is -2.44. The second-order valence-electron chi connectivity index (χ2n) is 7.39. The van der Waals surface area contributed by atoms with E-state index >= 15 is 0 Å². The van der Waals surface area contributed by atoms with E-state index in [0.29, 0.717) is 12.3 Å². The third-order valence-corrected chi connectivity index (χ3v) is 5.20. The van der Waals surface area contributed by atoms with Crippen molar-refractivity contribution in [3.8, 4) is 5.75 Å². The summed E-state index contributed by atoms with van der Waals surface area (Å²) in [4.78, 5) is 16.8. The van der Waals surface area contributed by atoms with Crippen molar-refractivity contribution in [2.24, 2.45) is 0 Å². The van der Waals surface area contributed by atoms with E-state index in [4.69, 9.17) is 9.84 Å². The molecule has 2 aromatic carbocycles. The number of nitrogens with zero attached hydrogens (tertiary/aromatic N) is 2. The van der Waals surface area contributed by atoms with Gasteiger partial charge in [-0.1, -0.05) is 24.3 Å². The summed E-state index contributed by atoms with van der Waals surface area (Å²) in [5, 5.41) is 9.08. The number of benzene rings is 2. The molecule has 2 aromatic rings. The first kappa shape index (κ1) is 20.3. The van der Waals surface area contributed by atoms with Gasteiger partial charge >= 0.3 is 0 Å². The van der Waals surface area contributed by atoms with Crippen LogP contribution in [-0.4, -0.2) is 52.6 Å². The van der Waals surface area contributed by atoms with Crippen LogP contribution in [0, 0.1) is 5.82 Å². The number of hydrogen-bond acceptors (Lipinski definition) is 4. The lowest BCUT2D eigenvalue weighted by atomic mass is 10.1. The van der Waals surface area contributed by atoms with E-state index in [2.05, 4.69) is 11.8 Å². The summed E-state index contributed by atoms with van der Waals surface area (Å²) in [7, 11) is 0. The van der Waals surface area contributed by atoms with Gasteiger partial charge in [0.25, 0.3) is 5.91 Å². The van der Waals surface area contributed by atoms with E-state index in [1.807, 2.05) is 11.8 Å². The molecule has 0 aliphatic carbocycles. The minimum absolute atomic E-state index is 0.00645. The molecule has 2 atom stereocenters. The minimum atomic E-state index is -0.230. The van der Waals surface area contributed by atoms with Crippen molar-refractivity contribution in [1.29, 1.82) is 0 Å². The van der Waals surface area contributed by atoms with Crippen LogP contribution in [0.15, 0.2) is 48.5 Å². The maximum atomic E-state index is 13.1. The number of carbonyl (C=O) groups is 1. The van der Waals surface area contributed by atoms with Crippen LogP contribution in [0.25, 0.3) is 0 Å². The smallest absolute Gasteiger partial charge is 0.260 e. The number of amides is 1. The van der Waals surface area contributed by atoms with Gasteiger partial charge in [-0.2, -0.15) is 0 Å². The van der Waals surface area contributed by atoms with Crippen molar-refractivity contribution in [3.63, 3.8) is 0 Å². The molecule has 1 amide bonds. The van der Waals surface area contributed by atoms with Gasteiger partial charge in [-0.25, -0.2) is 4.39 Å². The van der Waals surface area contributed by atoms with Crippen LogP contribution < -0.4 is 4.74 Å². The van der Waals surface area contributed by atoms with Gasteiger partial charge in [0.1, 0.15) is 11.6 Å². The molecule has 0 aromatic heterocycles. The number of ether oxygens (including phenoxy) is 1. The lowest BCUT2D eigenvalue weighted by Crippen LogP contribution is -2.58. The Morgan fingerprint density at radius 3 is 2.32 bits per heavy atom. The van der Waals surface area contributed by atoms with Crippen molar-refractivity contribution in [1.82, 2.24) is 9.80 Å². The second kappa shape index (κ2) is 9.17. The number of rotatable bonds is 6. The number of hydrogen-bond donors (Lipinski definition) is 1. The van der Waals surface area contributed by atoms with E-state index < -0.39 is 0 Å². The Morgan fingerprint density at radius 1 is 1.04 bits per heavy atom. The van der Waals surface area contributed by atoms with Crippen LogP contribution in [0.4, 0.5) is 4.39 Å². The van der Waals surface area contributed by atoms with Crippen LogP contribution >= 0.6 is 0 Å². The predicted octanol–water partition coefficient (Wildman–Crippen LogP) is 2.82. The minimum Gasteiger partial charge on any atom is -0.484 e. The zero-order chi connectivity index (χ0) is 20.1. The summed E-state index contributed by atoms with van der Waals surface area (Å²) in [6.45, 7) is 6.25. The molecule has 1 saturated heterocycles. The van der Waals surface area contributed by atoms with Gasteiger partial charge in [0.15, 0.2) is 6.61 Å². The van der Waals surface area contributed by atoms with Gasteiger partial charge in [0.05, 0.1) is 6.61 Å². The highest BCUT2D eigenvalue weighted by atomic mass is 19.1. The number of piperazine rings is 1. The van der Waals surface area contributed by atoms with Crippen molar-refractivity contribution >= 4 is 5.91 Å². The molecule has 6 heteroatoms. The first-order chi connectivity index (χ1) is 13.5. The summed E-state index contributed by atoms with van der Waals surface area (Å²) in [6.07, 6.45) is 0. The van der Waals surface area contributed by atoms with E-state index in [-0.39, 0.29) is 37.0 Å². The standard InChI is InChI=1S/C22H27FN2O3/c1-16-12-25(22(27)15-28-21-9-5-19(14-26)6-10-21)17(2)11-24(16)13-18-3-7-20(23)8-4-18/h3-10,16-17,26H,11-15H2,1-2H3/t16-,17+/m1/s1. The Morgan fingerprint density at radius 2 is 1.68 bits per heavy atom. The Hall–Kier alpha value is -2.44. The molecule has 1 fully saturated rings. The van der Waals surface area contributed by atoms with E-state index in [9.17, 15) is 9.18 Å². The molecule has 0 unspecified atom stereocenters. The zero-order valence-electron chi connectivity index (χ0n) is 16.3. The SMILES string of the molecule is C[C@@H]1CN(C(=O)COc2ccc(CO)cc2)[C@@H](C)CN1Cc1ccc(F)cc1. The molecule has 1 N–H and O–H groups in total. The van der Waals surface area contributed by atoms with E-state index in [1.165, 1.54) is 12.1 Å². The van der Waals surface area contributed by atoms with Crippen LogP contribution in [-0.2, 0) is 17.9 Å². The molecule has 150 valence electrons. The third kappa shape index (κ3) is 5.09. The fraction of sp³-hybridized carbons (Fsp3) is 0.409. The summed E-state index contributed by atoms with van der Waals surface area (Å²) in [5.41, 5.74) is 1.87. The normalized spacial score (nSPS) is 20.2. The number of aliphatic hydroxyl groups excluding tert-OH is 1. The van der Waals surface area contributed by atoms with Crippen LogP contribution in [0.5, 0.6) is 5.75 Å². The molecular weight excluding hydrogens is 359 g/mol. The molecule has 1 heterocycles. The monoisotopic (exact) mass is 386 g/mol. The van der Waals surface area contributed by atoms with E-state index in [0.717, 1.165) is 24.2 Å². The van der Waals surface area contributed by atoms with Gasteiger partial charge in [-0.3, -0.25) is 9.69 Å². The van der Waals surface area contributed by atoms with Gasteiger partial charge in [-0.05, 0) is 49.2 Å². The highest BCUT2D eigenvalue weighted by Crippen LogP contribution is 2.19. The predicted molar refractivity (Wildman–Crippen MR) is 105 cm³/mol. The largest absolute Gasteiger partial charge is 0.484 e. The Kier molecular flexibility index (Phi) is 6.65. The van der Waals surface area contributed by atoms with Gasteiger partial charge < -0.3 is 14.7 Å².